The summed E-state index contributed by atoms with van der Waals surface area (Å²) in [7, 11) is 0. The molecule has 2 N–H and O–H groups in total. The zero-order valence-corrected chi connectivity index (χ0v) is 12.2. The topological polar surface area (TPSA) is 62.5 Å². The lowest BCUT2D eigenvalue weighted by Gasteiger charge is -2.27. The lowest BCUT2D eigenvalue weighted by atomic mass is 9.86. The van der Waals surface area contributed by atoms with Crippen LogP contribution in [-0.2, 0) is 0 Å². The van der Waals surface area contributed by atoms with Crippen molar-refractivity contribution in [3.05, 3.63) is 23.2 Å². The fraction of sp³-hybridized carbons (Fsp3) is 0.538. The van der Waals surface area contributed by atoms with Crippen LogP contribution in [0, 0.1) is 5.92 Å². The van der Waals surface area contributed by atoms with Crippen LogP contribution in [0.25, 0.3) is 5.65 Å². The summed E-state index contributed by atoms with van der Waals surface area (Å²) in [6.45, 7) is 0.743. The van der Waals surface area contributed by atoms with E-state index >= 15 is 0 Å². The van der Waals surface area contributed by atoms with E-state index in [1.807, 2.05) is 16.8 Å². The SMILES string of the molecule is OC1CCCCC1CNc1nc(Br)cn2ccnc12. The van der Waals surface area contributed by atoms with Crippen molar-refractivity contribution in [1.29, 1.82) is 0 Å². The van der Waals surface area contributed by atoms with Crippen LogP contribution in [0.2, 0.25) is 0 Å². The number of hydrogen-bond acceptors (Lipinski definition) is 4. The number of nitrogens with one attached hydrogen (secondary N) is 1. The van der Waals surface area contributed by atoms with Gasteiger partial charge in [0.1, 0.15) is 4.60 Å². The lowest BCUT2D eigenvalue weighted by Crippen LogP contribution is -2.30. The zero-order chi connectivity index (χ0) is 13.2. The molecule has 0 saturated heterocycles. The minimum atomic E-state index is -0.191. The van der Waals surface area contributed by atoms with E-state index in [1.165, 1.54) is 6.42 Å². The van der Waals surface area contributed by atoms with Gasteiger partial charge in [-0.1, -0.05) is 12.8 Å². The molecule has 102 valence electrons. The van der Waals surface area contributed by atoms with Crippen molar-refractivity contribution in [2.45, 2.75) is 31.8 Å². The third-order valence-electron chi connectivity index (χ3n) is 3.75. The number of halogens is 1. The van der Waals surface area contributed by atoms with Gasteiger partial charge in [-0.05, 0) is 28.8 Å². The van der Waals surface area contributed by atoms with E-state index in [4.69, 9.17) is 0 Å². The van der Waals surface area contributed by atoms with E-state index in [-0.39, 0.29) is 6.10 Å². The Morgan fingerprint density at radius 2 is 2.26 bits per heavy atom. The van der Waals surface area contributed by atoms with Gasteiger partial charge < -0.3 is 14.8 Å². The molecule has 2 unspecified atom stereocenters. The molecule has 0 bridgehead atoms. The van der Waals surface area contributed by atoms with Crippen LogP contribution in [0.15, 0.2) is 23.2 Å². The normalized spacial score (nSPS) is 23.7. The molecule has 1 saturated carbocycles. The van der Waals surface area contributed by atoms with Crippen molar-refractivity contribution in [2.24, 2.45) is 5.92 Å². The average molecular weight is 325 g/mol. The predicted octanol–water partition coefficient (Wildman–Crippen LogP) is 2.45. The standard InChI is InChI=1S/C13H17BrN4O/c14-11-8-18-6-5-15-13(18)12(17-11)16-7-9-3-1-2-4-10(9)19/h5-6,8-10,19H,1-4,7H2,(H,16,17). The largest absolute Gasteiger partial charge is 0.393 e. The molecule has 6 heteroatoms. The number of nitrogens with zero attached hydrogens (tertiary/aromatic N) is 3. The molecular weight excluding hydrogens is 308 g/mol. The highest BCUT2D eigenvalue weighted by atomic mass is 79.9. The summed E-state index contributed by atoms with van der Waals surface area (Å²) >= 11 is 3.40. The third-order valence-corrected chi connectivity index (χ3v) is 4.13. The molecule has 2 aromatic heterocycles. The molecular formula is C13H17BrN4O. The van der Waals surface area contributed by atoms with Crippen LogP contribution in [0.1, 0.15) is 25.7 Å². The minimum Gasteiger partial charge on any atom is -0.393 e. The molecule has 1 fully saturated rings. The molecule has 1 aliphatic rings. The minimum absolute atomic E-state index is 0.191. The number of hydrogen-bond donors (Lipinski definition) is 2. The van der Waals surface area contributed by atoms with Gasteiger partial charge in [0.05, 0.1) is 6.10 Å². The number of fused-ring (bicyclic) bond motifs is 1. The van der Waals surface area contributed by atoms with Gasteiger partial charge in [-0.3, -0.25) is 0 Å². The summed E-state index contributed by atoms with van der Waals surface area (Å²) < 4.78 is 2.70. The number of aliphatic hydroxyl groups excluding tert-OH is 1. The summed E-state index contributed by atoms with van der Waals surface area (Å²) in [6, 6.07) is 0. The van der Waals surface area contributed by atoms with Gasteiger partial charge in [-0.2, -0.15) is 0 Å². The highest BCUT2D eigenvalue weighted by Gasteiger charge is 2.23. The fourth-order valence-corrected chi connectivity index (χ4v) is 3.07. The van der Waals surface area contributed by atoms with Gasteiger partial charge in [0, 0.05) is 31.1 Å². The van der Waals surface area contributed by atoms with E-state index in [0.29, 0.717) is 5.92 Å². The summed E-state index contributed by atoms with van der Waals surface area (Å²) in [5, 5.41) is 13.3. The second-order valence-corrected chi connectivity index (χ2v) is 5.88. The van der Waals surface area contributed by atoms with Crippen molar-refractivity contribution in [3.63, 3.8) is 0 Å². The molecule has 2 atom stereocenters. The van der Waals surface area contributed by atoms with Crippen LogP contribution in [0.5, 0.6) is 0 Å². The highest BCUT2D eigenvalue weighted by molar-refractivity contribution is 9.10. The maximum absolute atomic E-state index is 9.98. The molecule has 1 aliphatic carbocycles. The summed E-state index contributed by atoms with van der Waals surface area (Å²) in [5.74, 6) is 1.07. The van der Waals surface area contributed by atoms with E-state index < -0.39 is 0 Å². The van der Waals surface area contributed by atoms with Crippen LogP contribution < -0.4 is 5.32 Å². The van der Waals surface area contributed by atoms with E-state index in [2.05, 4.69) is 31.2 Å². The zero-order valence-electron chi connectivity index (χ0n) is 10.6. The highest BCUT2D eigenvalue weighted by Crippen LogP contribution is 2.25. The quantitative estimate of drug-likeness (QED) is 0.910. The van der Waals surface area contributed by atoms with Crippen LogP contribution in [0.4, 0.5) is 5.82 Å². The molecule has 19 heavy (non-hydrogen) atoms. The Bertz CT molecular complexity index is 571. The van der Waals surface area contributed by atoms with Gasteiger partial charge >= 0.3 is 0 Å². The molecule has 0 aliphatic heterocycles. The lowest BCUT2D eigenvalue weighted by molar-refractivity contribution is 0.0763. The Labute approximate surface area is 120 Å². The van der Waals surface area contributed by atoms with Crippen LogP contribution in [-0.4, -0.2) is 32.1 Å². The Balaban J connectivity index is 1.75. The number of anilines is 1. The van der Waals surface area contributed by atoms with E-state index in [0.717, 1.165) is 41.9 Å². The molecule has 2 heterocycles. The van der Waals surface area contributed by atoms with Crippen LogP contribution >= 0.6 is 15.9 Å². The molecule has 2 aromatic rings. The van der Waals surface area contributed by atoms with Crippen molar-refractivity contribution in [2.75, 3.05) is 11.9 Å². The summed E-state index contributed by atoms with van der Waals surface area (Å²) in [5.41, 5.74) is 0.813. The van der Waals surface area contributed by atoms with Crippen molar-refractivity contribution < 1.29 is 5.11 Å². The first-order chi connectivity index (χ1) is 9.24. The summed E-state index contributed by atoms with van der Waals surface area (Å²) in [4.78, 5) is 8.72. The van der Waals surface area contributed by atoms with Crippen LogP contribution in [0.3, 0.4) is 0 Å². The first kappa shape index (κ1) is 12.9. The van der Waals surface area contributed by atoms with Gasteiger partial charge in [0.2, 0.25) is 0 Å². The van der Waals surface area contributed by atoms with Crippen molar-refractivity contribution >= 4 is 27.4 Å². The molecule has 3 rings (SSSR count). The molecule has 5 nitrogen and oxygen atoms in total. The molecule has 0 aromatic carbocycles. The number of rotatable bonds is 3. The van der Waals surface area contributed by atoms with Gasteiger partial charge in [0.25, 0.3) is 0 Å². The van der Waals surface area contributed by atoms with E-state index in [9.17, 15) is 5.11 Å². The second kappa shape index (κ2) is 5.46. The maximum Gasteiger partial charge on any atom is 0.180 e. The molecule has 0 amide bonds. The first-order valence-corrected chi connectivity index (χ1v) is 7.44. The maximum atomic E-state index is 9.98. The monoisotopic (exact) mass is 324 g/mol. The Morgan fingerprint density at radius 3 is 3.11 bits per heavy atom. The predicted molar refractivity (Wildman–Crippen MR) is 77.1 cm³/mol. The third kappa shape index (κ3) is 2.74. The number of imidazole rings is 1. The summed E-state index contributed by atoms with van der Waals surface area (Å²) in [6.07, 6.45) is 9.66. The smallest absolute Gasteiger partial charge is 0.180 e. The average Bonchev–Trinajstić information content (AvgIpc) is 2.85. The van der Waals surface area contributed by atoms with E-state index in [1.54, 1.807) is 6.20 Å². The number of aliphatic hydroxyl groups is 1. The fourth-order valence-electron chi connectivity index (χ4n) is 2.67. The molecule has 0 spiro atoms. The van der Waals surface area contributed by atoms with Crippen molar-refractivity contribution in [1.82, 2.24) is 14.4 Å². The first-order valence-electron chi connectivity index (χ1n) is 6.65. The van der Waals surface area contributed by atoms with Gasteiger partial charge in [-0.15, -0.1) is 0 Å². The van der Waals surface area contributed by atoms with Crippen molar-refractivity contribution in [3.8, 4) is 0 Å². The Hall–Kier alpha value is -1.14. The Kier molecular flexibility index (Phi) is 3.70. The Morgan fingerprint density at radius 1 is 1.42 bits per heavy atom. The molecule has 0 radical (unpaired) electrons. The number of aromatic nitrogens is 3. The van der Waals surface area contributed by atoms with Gasteiger partial charge in [-0.25, -0.2) is 9.97 Å². The second-order valence-electron chi connectivity index (χ2n) is 5.06. The van der Waals surface area contributed by atoms with Gasteiger partial charge in [0.15, 0.2) is 11.5 Å².